The molecule has 0 saturated carbocycles. The second-order valence-corrected chi connectivity index (χ2v) is 9.19. The molecule has 0 aliphatic carbocycles. The molecule has 134 valence electrons. The van der Waals surface area contributed by atoms with Crippen molar-refractivity contribution in [3.63, 3.8) is 0 Å². The summed E-state index contributed by atoms with van der Waals surface area (Å²) in [5.74, 6) is 6.29. The molecule has 1 aliphatic rings. The van der Waals surface area contributed by atoms with Crippen LogP contribution < -0.4 is 11.2 Å². The van der Waals surface area contributed by atoms with Crippen LogP contribution in [0.3, 0.4) is 0 Å². The average molecular weight is 402 g/mol. The van der Waals surface area contributed by atoms with E-state index in [1.807, 2.05) is 6.07 Å². The van der Waals surface area contributed by atoms with E-state index in [1.54, 1.807) is 18.2 Å². The van der Waals surface area contributed by atoms with E-state index in [4.69, 9.17) is 17.4 Å². The number of hydrogen-bond acceptors (Lipinski definition) is 7. The Morgan fingerprint density at radius 2 is 2.16 bits per heavy atom. The van der Waals surface area contributed by atoms with E-state index < -0.39 is 9.84 Å². The van der Waals surface area contributed by atoms with Crippen LogP contribution >= 0.6 is 23.4 Å². The predicted molar refractivity (Wildman–Crippen MR) is 96.5 cm³/mol. The van der Waals surface area contributed by atoms with E-state index in [1.165, 1.54) is 4.68 Å². The monoisotopic (exact) mass is 401 g/mol. The summed E-state index contributed by atoms with van der Waals surface area (Å²) in [6.07, 6.45) is 0.447. The predicted octanol–water partition coefficient (Wildman–Crippen LogP) is 0.708. The second kappa shape index (κ2) is 7.22. The largest absolute Gasteiger partial charge is 0.352 e. The normalized spacial score (nSPS) is 19.0. The summed E-state index contributed by atoms with van der Waals surface area (Å²) < 4.78 is 24.1. The van der Waals surface area contributed by atoms with Crippen LogP contribution in [0, 0.1) is 0 Å². The molecule has 3 rings (SSSR count). The minimum Gasteiger partial charge on any atom is -0.352 e. The maximum atomic E-state index is 12.0. The number of sulfone groups is 1. The second-order valence-electron chi connectivity index (χ2n) is 5.61. The van der Waals surface area contributed by atoms with Gasteiger partial charge in [0.1, 0.15) is 0 Å². The molecule has 1 aromatic carbocycles. The number of hydrogen-bond donors (Lipinski definition) is 2. The minimum absolute atomic E-state index is 0.00681. The molecule has 8 nitrogen and oxygen atoms in total. The number of benzene rings is 1. The van der Waals surface area contributed by atoms with Gasteiger partial charge in [0.2, 0.25) is 11.1 Å². The van der Waals surface area contributed by atoms with Crippen molar-refractivity contribution in [3.8, 4) is 11.4 Å². The number of nitrogens with zero attached hydrogens (tertiary/aromatic N) is 3. The number of nitrogen functional groups attached to an aromatic ring is 1. The van der Waals surface area contributed by atoms with Gasteiger partial charge in [-0.15, -0.1) is 10.2 Å². The van der Waals surface area contributed by atoms with Crippen molar-refractivity contribution in [1.29, 1.82) is 0 Å². The van der Waals surface area contributed by atoms with Crippen LogP contribution in [0.1, 0.15) is 6.42 Å². The Kier molecular flexibility index (Phi) is 5.21. The SMILES string of the molecule is Nn1c(SCC(=O)N[C@@H]2CCS(=O)(=O)C2)nnc1-c1ccccc1Cl. The van der Waals surface area contributed by atoms with Crippen molar-refractivity contribution in [2.45, 2.75) is 17.6 Å². The van der Waals surface area contributed by atoms with Gasteiger partial charge in [-0.05, 0) is 18.6 Å². The number of halogens is 1. The van der Waals surface area contributed by atoms with E-state index in [2.05, 4.69) is 15.5 Å². The summed E-state index contributed by atoms with van der Waals surface area (Å²) >= 11 is 7.25. The number of aromatic nitrogens is 3. The van der Waals surface area contributed by atoms with Crippen molar-refractivity contribution in [1.82, 2.24) is 20.2 Å². The Hall–Kier alpha value is -1.78. The van der Waals surface area contributed by atoms with Crippen molar-refractivity contribution in [3.05, 3.63) is 29.3 Å². The lowest BCUT2D eigenvalue weighted by molar-refractivity contribution is -0.119. The van der Waals surface area contributed by atoms with Crippen molar-refractivity contribution < 1.29 is 13.2 Å². The topological polar surface area (TPSA) is 120 Å². The van der Waals surface area contributed by atoms with Gasteiger partial charge in [0.15, 0.2) is 15.7 Å². The first-order chi connectivity index (χ1) is 11.9. The first kappa shape index (κ1) is 18.0. The highest BCUT2D eigenvalue weighted by Gasteiger charge is 2.29. The maximum absolute atomic E-state index is 12.0. The molecule has 2 heterocycles. The third kappa shape index (κ3) is 4.25. The van der Waals surface area contributed by atoms with Gasteiger partial charge in [-0.2, -0.15) is 0 Å². The molecule has 1 atom stereocenters. The number of carbonyl (C=O) groups is 1. The Bertz CT molecular complexity index is 900. The average Bonchev–Trinajstić information content (AvgIpc) is 3.08. The Balaban J connectivity index is 1.61. The lowest BCUT2D eigenvalue weighted by Gasteiger charge is -2.10. The van der Waals surface area contributed by atoms with Crippen LogP contribution in [-0.4, -0.2) is 52.5 Å². The van der Waals surface area contributed by atoms with Crippen LogP contribution in [0.4, 0.5) is 0 Å². The lowest BCUT2D eigenvalue weighted by Crippen LogP contribution is -2.36. The molecule has 1 fully saturated rings. The number of amides is 1. The highest BCUT2D eigenvalue weighted by molar-refractivity contribution is 7.99. The van der Waals surface area contributed by atoms with E-state index in [0.717, 1.165) is 11.8 Å². The smallest absolute Gasteiger partial charge is 0.230 e. The van der Waals surface area contributed by atoms with Gasteiger partial charge < -0.3 is 11.2 Å². The van der Waals surface area contributed by atoms with Crippen molar-refractivity contribution in [2.75, 3.05) is 23.1 Å². The summed E-state index contributed by atoms with van der Waals surface area (Å²) in [7, 11) is -3.03. The maximum Gasteiger partial charge on any atom is 0.230 e. The number of carbonyl (C=O) groups excluding carboxylic acids is 1. The third-order valence-corrected chi connectivity index (χ3v) is 6.75. The van der Waals surface area contributed by atoms with E-state index in [9.17, 15) is 13.2 Å². The molecule has 0 radical (unpaired) electrons. The molecule has 0 unspecified atom stereocenters. The zero-order valence-electron chi connectivity index (χ0n) is 13.1. The zero-order valence-corrected chi connectivity index (χ0v) is 15.4. The van der Waals surface area contributed by atoms with E-state index in [-0.39, 0.29) is 29.2 Å². The Morgan fingerprint density at radius 1 is 1.40 bits per heavy atom. The summed E-state index contributed by atoms with van der Waals surface area (Å²) in [4.78, 5) is 12.0. The number of nitrogens with one attached hydrogen (secondary N) is 1. The van der Waals surface area contributed by atoms with Crippen LogP contribution in [0.15, 0.2) is 29.4 Å². The van der Waals surface area contributed by atoms with Crippen LogP contribution in [0.25, 0.3) is 11.4 Å². The molecule has 1 saturated heterocycles. The molecule has 0 bridgehead atoms. The molecule has 0 spiro atoms. The van der Waals surface area contributed by atoms with Gasteiger partial charge in [-0.1, -0.05) is 35.5 Å². The van der Waals surface area contributed by atoms with Crippen molar-refractivity contribution in [2.24, 2.45) is 0 Å². The van der Waals surface area contributed by atoms with Gasteiger partial charge in [0.25, 0.3) is 0 Å². The molecule has 1 aliphatic heterocycles. The minimum atomic E-state index is -3.03. The molecule has 2 aromatic rings. The lowest BCUT2D eigenvalue weighted by atomic mass is 10.2. The van der Waals surface area contributed by atoms with Crippen LogP contribution in [-0.2, 0) is 14.6 Å². The number of thioether (sulfide) groups is 1. The summed E-state index contributed by atoms with van der Waals surface area (Å²) in [6.45, 7) is 0. The van der Waals surface area contributed by atoms with Gasteiger partial charge in [0.05, 0.1) is 22.3 Å². The number of rotatable bonds is 5. The molecule has 1 amide bonds. The van der Waals surface area contributed by atoms with Crippen molar-refractivity contribution >= 4 is 39.1 Å². The highest BCUT2D eigenvalue weighted by Crippen LogP contribution is 2.27. The Morgan fingerprint density at radius 3 is 2.84 bits per heavy atom. The molecular formula is C14H16ClN5O3S2. The fourth-order valence-corrected chi connectivity index (χ4v) is 5.07. The first-order valence-corrected chi connectivity index (χ1v) is 10.6. The van der Waals surface area contributed by atoms with Gasteiger partial charge in [0, 0.05) is 11.6 Å². The third-order valence-electron chi connectivity index (χ3n) is 3.71. The molecule has 25 heavy (non-hydrogen) atoms. The summed E-state index contributed by atoms with van der Waals surface area (Å²) in [6, 6.07) is 6.78. The zero-order chi connectivity index (χ0) is 18.0. The van der Waals surface area contributed by atoms with E-state index in [0.29, 0.717) is 28.0 Å². The van der Waals surface area contributed by atoms with Crippen LogP contribution in [0.5, 0.6) is 0 Å². The fraction of sp³-hybridized carbons (Fsp3) is 0.357. The standard InChI is InChI=1S/C14H16ClN5O3S2/c15-11-4-2-1-3-10(11)13-18-19-14(20(13)16)24-7-12(21)17-9-5-6-25(22,23)8-9/h1-4,9H,5-8,16H2,(H,17,21)/t9-/m1/s1. The first-order valence-electron chi connectivity index (χ1n) is 7.44. The van der Waals surface area contributed by atoms with Gasteiger partial charge >= 0.3 is 0 Å². The summed E-state index contributed by atoms with van der Waals surface area (Å²) in [5.41, 5.74) is 0.645. The molecule has 11 heteroatoms. The highest BCUT2D eigenvalue weighted by atomic mass is 35.5. The van der Waals surface area contributed by atoms with E-state index >= 15 is 0 Å². The Labute approximate surface area is 154 Å². The van der Waals surface area contributed by atoms with Gasteiger partial charge in [-0.3, -0.25) is 4.79 Å². The molecule has 3 N–H and O–H groups in total. The van der Waals surface area contributed by atoms with Crippen LogP contribution in [0.2, 0.25) is 5.02 Å². The molecular weight excluding hydrogens is 386 g/mol. The fourth-order valence-electron chi connectivity index (χ4n) is 2.51. The molecule has 1 aromatic heterocycles. The van der Waals surface area contributed by atoms with Gasteiger partial charge in [-0.25, -0.2) is 13.1 Å². The number of nitrogens with two attached hydrogens (primary N) is 1. The summed E-state index contributed by atoms with van der Waals surface area (Å²) in [5, 5.41) is 11.6. The quantitative estimate of drug-likeness (QED) is 0.559.